The van der Waals surface area contributed by atoms with E-state index in [4.69, 9.17) is 0 Å². The Morgan fingerprint density at radius 1 is 1.33 bits per heavy atom. The fourth-order valence-electron chi connectivity index (χ4n) is 3.19. The third-order valence-corrected chi connectivity index (χ3v) is 4.54. The highest BCUT2D eigenvalue weighted by Crippen LogP contribution is 2.24. The first-order valence-electron chi connectivity index (χ1n) is 7.89. The molecule has 5 nitrogen and oxygen atoms in total. The minimum atomic E-state index is 0.106. The number of hydrogen-bond acceptors (Lipinski definition) is 4. The molecule has 3 rings (SSSR count). The number of anilines is 1. The van der Waals surface area contributed by atoms with Crippen LogP contribution in [0.1, 0.15) is 18.4 Å². The van der Waals surface area contributed by atoms with Gasteiger partial charge in [0.05, 0.1) is 0 Å². The van der Waals surface area contributed by atoms with Gasteiger partial charge in [-0.25, -0.2) is 4.98 Å². The van der Waals surface area contributed by atoms with E-state index in [1.807, 2.05) is 12.3 Å². The molecule has 2 aliphatic rings. The normalized spacial score (nSPS) is 24.0. The van der Waals surface area contributed by atoms with Gasteiger partial charge in [-0.3, -0.25) is 4.79 Å². The molecule has 21 heavy (non-hydrogen) atoms. The maximum absolute atomic E-state index is 12.0. The Labute approximate surface area is 126 Å². The Hall–Kier alpha value is -1.62. The van der Waals surface area contributed by atoms with E-state index in [2.05, 4.69) is 33.2 Å². The number of rotatable bonds is 3. The van der Waals surface area contributed by atoms with Crippen LogP contribution in [0.5, 0.6) is 0 Å². The van der Waals surface area contributed by atoms with E-state index in [0.717, 1.165) is 57.8 Å². The monoisotopic (exact) mass is 288 g/mol. The first kappa shape index (κ1) is 14.3. The van der Waals surface area contributed by atoms with Gasteiger partial charge in [0.15, 0.2) is 0 Å². The number of aromatic nitrogens is 1. The van der Waals surface area contributed by atoms with Crippen LogP contribution in [0.15, 0.2) is 18.3 Å². The second kappa shape index (κ2) is 6.43. The zero-order chi connectivity index (χ0) is 14.7. The third kappa shape index (κ3) is 3.35. The van der Waals surface area contributed by atoms with Crippen LogP contribution in [-0.2, 0) is 11.2 Å². The Morgan fingerprint density at radius 3 is 2.90 bits per heavy atom. The first-order chi connectivity index (χ1) is 10.2. The minimum absolute atomic E-state index is 0.106. The SMILES string of the molecule is CN1CCN(c2ncccc2CC2CCCNC2=O)CC1. The van der Waals surface area contributed by atoms with Crippen LogP contribution in [0.25, 0.3) is 0 Å². The van der Waals surface area contributed by atoms with E-state index in [1.165, 1.54) is 5.56 Å². The molecule has 0 radical (unpaired) electrons. The van der Waals surface area contributed by atoms with Gasteiger partial charge in [0.1, 0.15) is 5.82 Å². The summed E-state index contributed by atoms with van der Waals surface area (Å²) >= 11 is 0. The quantitative estimate of drug-likeness (QED) is 0.898. The van der Waals surface area contributed by atoms with Crippen LogP contribution >= 0.6 is 0 Å². The highest BCUT2D eigenvalue weighted by atomic mass is 16.1. The Kier molecular flexibility index (Phi) is 4.39. The zero-order valence-corrected chi connectivity index (χ0v) is 12.7. The molecule has 2 saturated heterocycles. The average Bonchev–Trinajstić information content (AvgIpc) is 2.51. The van der Waals surface area contributed by atoms with Gasteiger partial charge in [0.2, 0.25) is 5.91 Å². The predicted octanol–water partition coefficient (Wildman–Crippen LogP) is 0.902. The fourth-order valence-corrected chi connectivity index (χ4v) is 3.19. The molecule has 114 valence electrons. The number of pyridine rings is 1. The summed E-state index contributed by atoms with van der Waals surface area (Å²) in [6, 6.07) is 4.11. The summed E-state index contributed by atoms with van der Waals surface area (Å²) in [5.41, 5.74) is 1.21. The minimum Gasteiger partial charge on any atom is -0.356 e. The van der Waals surface area contributed by atoms with Crippen LogP contribution in [0, 0.1) is 5.92 Å². The van der Waals surface area contributed by atoms with Crippen molar-refractivity contribution < 1.29 is 4.79 Å². The fraction of sp³-hybridized carbons (Fsp3) is 0.625. The van der Waals surface area contributed by atoms with Crippen LogP contribution in [-0.4, -0.2) is 55.6 Å². The van der Waals surface area contributed by atoms with Crippen LogP contribution < -0.4 is 10.2 Å². The van der Waals surface area contributed by atoms with Gasteiger partial charge in [-0.05, 0) is 37.9 Å². The summed E-state index contributed by atoms with van der Waals surface area (Å²) in [4.78, 5) is 21.3. The summed E-state index contributed by atoms with van der Waals surface area (Å²) in [6.07, 6.45) is 4.74. The van der Waals surface area contributed by atoms with Crippen molar-refractivity contribution >= 4 is 11.7 Å². The number of piperazine rings is 1. The van der Waals surface area contributed by atoms with Crippen LogP contribution in [0.4, 0.5) is 5.82 Å². The van der Waals surface area contributed by atoms with Crippen molar-refractivity contribution in [2.75, 3.05) is 44.7 Å². The molecule has 1 N–H and O–H groups in total. The Bertz CT molecular complexity index is 497. The van der Waals surface area contributed by atoms with Crippen molar-refractivity contribution in [2.45, 2.75) is 19.3 Å². The van der Waals surface area contributed by atoms with E-state index in [9.17, 15) is 4.79 Å². The molecule has 1 aromatic rings. The lowest BCUT2D eigenvalue weighted by Crippen LogP contribution is -2.45. The molecule has 0 bridgehead atoms. The molecule has 5 heteroatoms. The van der Waals surface area contributed by atoms with Gasteiger partial charge in [0, 0.05) is 44.8 Å². The van der Waals surface area contributed by atoms with Gasteiger partial charge in [-0.2, -0.15) is 0 Å². The number of nitrogens with zero attached hydrogens (tertiary/aromatic N) is 3. The zero-order valence-electron chi connectivity index (χ0n) is 12.7. The highest BCUT2D eigenvalue weighted by Gasteiger charge is 2.25. The molecule has 0 spiro atoms. The van der Waals surface area contributed by atoms with E-state index < -0.39 is 0 Å². The van der Waals surface area contributed by atoms with Gasteiger partial charge >= 0.3 is 0 Å². The van der Waals surface area contributed by atoms with Crippen molar-refractivity contribution in [1.82, 2.24) is 15.2 Å². The number of likely N-dealkylation sites (N-methyl/N-ethyl adjacent to an activating group) is 1. The second-order valence-electron chi connectivity index (χ2n) is 6.11. The molecule has 1 aromatic heterocycles. The Balaban J connectivity index is 1.74. The summed E-state index contributed by atoms with van der Waals surface area (Å²) in [5.74, 6) is 1.38. The number of amides is 1. The molecule has 2 fully saturated rings. The molecule has 3 heterocycles. The topological polar surface area (TPSA) is 48.5 Å². The number of carbonyl (C=O) groups excluding carboxylic acids is 1. The number of nitrogens with one attached hydrogen (secondary N) is 1. The molecule has 0 aromatic carbocycles. The predicted molar refractivity (Wildman–Crippen MR) is 83.4 cm³/mol. The molecular weight excluding hydrogens is 264 g/mol. The maximum Gasteiger partial charge on any atom is 0.223 e. The molecule has 1 amide bonds. The summed E-state index contributed by atoms with van der Waals surface area (Å²) in [5, 5.41) is 2.98. The molecule has 1 atom stereocenters. The van der Waals surface area contributed by atoms with Crippen molar-refractivity contribution in [3.05, 3.63) is 23.9 Å². The van der Waals surface area contributed by atoms with Crippen LogP contribution in [0.3, 0.4) is 0 Å². The Morgan fingerprint density at radius 2 is 2.14 bits per heavy atom. The van der Waals surface area contributed by atoms with Crippen molar-refractivity contribution in [3.8, 4) is 0 Å². The third-order valence-electron chi connectivity index (χ3n) is 4.54. The lowest BCUT2D eigenvalue weighted by molar-refractivity contribution is -0.126. The van der Waals surface area contributed by atoms with Crippen LogP contribution in [0.2, 0.25) is 0 Å². The molecule has 1 unspecified atom stereocenters. The lowest BCUT2D eigenvalue weighted by Gasteiger charge is -2.34. The maximum atomic E-state index is 12.0. The second-order valence-corrected chi connectivity index (χ2v) is 6.11. The molecule has 0 aliphatic carbocycles. The standard InChI is InChI=1S/C16H24N4O/c1-19-8-10-20(11-9-19)15-13(4-2-6-17-15)12-14-5-3-7-18-16(14)21/h2,4,6,14H,3,5,7-12H2,1H3,(H,18,21). The van der Waals surface area contributed by atoms with E-state index >= 15 is 0 Å². The number of hydrogen-bond donors (Lipinski definition) is 1. The average molecular weight is 288 g/mol. The van der Waals surface area contributed by atoms with Gasteiger partial charge in [-0.15, -0.1) is 0 Å². The molecule has 0 saturated carbocycles. The van der Waals surface area contributed by atoms with Gasteiger partial charge in [-0.1, -0.05) is 6.07 Å². The van der Waals surface area contributed by atoms with Crippen molar-refractivity contribution in [2.24, 2.45) is 5.92 Å². The van der Waals surface area contributed by atoms with E-state index in [0.29, 0.717) is 0 Å². The van der Waals surface area contributed by atoms with Gasteiger partial charge < -0.3 is 15.1 Å². The van der Waals surface area contributed by atoms with Crippen molar-refractivity contribution in [1.29, 1.82) is 0 Å². The molecule has 2 aliphatic heterocycles. The number of carbonyl (C=O) groups is 1. The first-order valence-corrected chi connectivity index (χ1v) is 7.89. The van der Waals surface area contributed by atoms with Gasteiger partial charge in [0.25, 0.3) is 0 Å². The summed E-state index contributed by atoms with van der Waals surface area (Å²) in [6.45, 7) is 4.99. The summed E-state index contributed by atoms with van der Waals surface area (Å²) < 4.78 is 0. The smallest absolute Gasteiger partial charge is 0.223 e. The highest BCUT2D eigenvalue weighted by molar-refractivity contribution is 5.79. The van der Waals surface area contributed by atoms with E-state index in [1.54, 1.807) is 0 Å². The van der Waals surface area contributed by atoms with Crippen molar-refractivity contribution in [3.63, 3.8) is 0 Å². The molecular formula is C16H24N4O. The largest absolute Gasteiger partial charge is 0.356 e. The van der Waals surface area contributed by atoms with E-state index in [-0.39, 0.29) is 11.8 Å². The summed E-state index contributed by atoms with van der Waals surface area (Å²) in [7, 11) is 2.16. The lowest BCUT2D eigenvalue weighted by atomic mass is 9.91. The number of piperidine rings is 1.